The lowest BCUT2D eigenvalue weighted by Crippen LogP contribution is -2.18. The summed E-state index contributed by atoms with van der Waals surface area (Å²) in [5, 5.41) is 0. The highest BCUT2D eigenvalue weighted by atomic mass is 19.1. The molecule has 0 radical (unpaired) electrons. The third kappa shape index (κ3) is 2.43. The van der Waals surface area contributed by atoms with E-state index in [4.69, 9.17) is 5.73 Å². The Morgan fingerprint density at radius 3 is 2.31 bits per heavy atom. The molecule has 0 heterocycles. The van der Waals surface area contributed by atoms with Crippen molar-refractivity contribution in [3.05, 3.63) is 35.4 Å². The fraction of sp³-hybridized carbons (Fsp3) is 0.571. The van der Waals surface area contributed by atoms with Crippen LogP contribution >= 0.6 is 0 Å². The molecule has 0 aromatic heterocycles. The first-order valence-corrected chi connectivity index (χ1v) is 6.14. The van der Waals surface area contributed by atoms with Crippen LogP contribution in [0.3, 0.4) is 0 Å². The monoisotopic (exact) mass is 221 g/mol. The van der Waals surface area contributed by atoms with Crippen molar-refractivity contribution < 1.29 is 4.39 Å². The summed E-state index contributed by atoms with van der Waals surface area (Å²) in [5.74, 6) is 0. The lowest BCUT2D eigenvalue weighted by molar-refractivity contribution is 0.175. The number of rotatable bonds is 3. The summed E-state index contributed by atoms with van der Waals surface area (Å²) in [6, 6.07) is 8.06. The molecule has 0 saturated heterocycles. The van der Waals surface area contributed by atoms with E-state index in [1.165, 1.54) is 5.56 Å². The highest BCUT2D eigenvalue weighted by Gasteiger charge is 2.35. The van der Waals surface area contributed by atoms with Crippen molar-refractivity contribution in [1.29, 1.82) is 0 Å². The standard InChI is InChI=1S/C14H20FN/c1-11(16)10-12-4-6-13(7-5-12)14(15)8-2-3-9-14/h4-7,11H,2-3,8-10,16H2,1H3. The molecule has 0 aliphatic heterocycles. The van der Waals surface area contributed by atoms with Gasteiger partial charge in [-0.25, -0.2) is 4.39 Å². The van der Waals surface area contributed by atoms with Gasteiger partial charge in [0.15, 0.2) is 0 Å². The molecule has 2 N–H and O–H groups in total. The first kappa shape index (κ1) is 11.6. The Bertz CT molecular complexity index is 336. The van der Waals surface area contributed by atoms with Crippen LogP contribution in [0.25, 0.3) is 0 Å². The number of hydrogen-bond donors (Lipinski definition) is 1. The average Bonchev–Trinajstić information content (AvgIpc) is 2.66. The topological polar surface area (TPSA) is 26.0 Å². The van der Waals surface area contributed by atoms with Gasteiger partial charge in [0.05, 0.1) is 0 Å². The number of alkyl halides is 1. The van der Waals surface area contributed by atoms with Crippen molar-refractivity contribution in [1.82, 2.24) is 0 Å². The van der Waals surface area contributed by atoms with E-state index in [0.29, 0.717) is 12.8 Å². The normalized spacial score (nSPS) is 20.9. The Morgan fingerprint density at radius 1 is 1.25 bits per heavy atom. The smallest absolute Gasteiger partial charge is 0.136 e. The Labute approximate surface area is 96.9 Å². The molecule has 0 bridgehead atoms. The van der Waals surface area contributed by atoms with Gasteiger partial charge in [0.25, 0.3) is 0 Å². The second-order valence-electron chi connectivity index (χ2n) is 5.05. The molecule has 1 aromatic carbocycles. The highest BCUT2D eigenvalue weighted by molar-refractivity contribution is 5.28. The molecule has 88 valence electrons. The van der Waals surface area contributed by atoms with Crippen LogP contribution in [0.15, 0.2) is 24.3 Å². The van der Waals surface area contributed by atoms with Crippen molar-refractivity contribution in [2.45, 2.75) is 50.7 Å². The summed E-state index contributed by atoms with van der Waals surface area (Å²) in [4.78, 5) is 0. The molecule has 1 aliphatic rings. The molecule has 2 heteroatoms. The van der Waals surface area contributed by atoms with Crippen LogP contribution in [-0.2, 0) is 12.1 Å². The average molecular weight is 221 g/mol. The molecule has 1 fully saturated rings. The van der Waals surface area contributed by atoms with Gasteiger partial charge in [0.1, 0.15) is 5.67 Å². The minimum Gasteiger partial charge on any atom is -0.328 e. The SMILES string of the molecule is CC(N)Cc1ccc(C2(F)CCCC2)cc1. The first-order chi connectivity index (χ1) is 7.60. The summed E-state index contributed by atoms with van der Waals surface area (Å²) >= 11 is 0. The zero-order valence-electron chi connectivity index (χ0n) is 9.88. The number of halogens is 1. The molecule has 16 heavy (non-hydrogen) atoms. The quantitative estimate of drug-likeness (QED) is 0.832. The van der Waals surface area contributed by atoms with Crippen LogP contribution in [0.5, 0.6) is 0 Å². The van der Waals surface area contributed by atoms with Crippen LogP contribution in [0, 0.1) is 0 Å². The third-order valence-electron chi connectivity index (χ3n) is 3.43. The van der Waals surface area contributed by atoms with Crippen LogP contribution in [0.4, 0.5) is 4.39 Å². The lowest BCUT2D eigenvalue weighted by Gasteiger charge is -2.19. The Hall–Kier alpha value is -0.890. The van der Waals surface area contributed by atoms with E-state index < -0.39 is 5.67 Å². The van der Waals surface area contributed by atoms with Gasteiger partial charge in [-0.2, -0.15) is 0 Å². The van der Waals surface area contributed by atoms with Gasteiger partial charge in [-0.05, 0) is 50.2 Å². The van der Waals surface area contributed by atoms with Gasteiger partial charge in [0, 0.05) is 6.04 Å². The molecule has 2 rings (SSSR count). The maximum atomic E-state index is 14.4. The van der Waals surface area contributed by atoms with E-state index >= 15 is 0 Å². The molecule has 1 nitrogen and oxygen atoms in total. The van der Waals surface area contributed by atoms with Crippen molar-refractivity contribution >= 4 is 0 Å². The predicted molar refractivity (Wildman–Crippen MR) is 65.0 cm³/mol. The molecular weight excluding hydrogens is 201 g/mol. The van der Waals surface area contributed by atoms with Crippen LogP contribution in [0.2, 0.25) is 0 Å². The first-order valence-electron chi connectivity index (χ1n) is 6.14. The van der Waals surface area contributed by atoms with Crippen molar-refractivity contribution in [3.8, 4) is 0 Å². The number of nitrogens with two attached hydrogens (primary N) is 1. The Kier molecular flexibility index (Phi) is 3.29. The van der Waals surface area contributed by atoms with Gasteiger partial charge >= 0.3 is 0 Å². The van der Waals surface area contributed by atoms with E-state index in [1.807, 2.05) is 31.2 Å². The number of benzene rings is 1. The summed E-state index contributed by atoms with van der Waals surface area (Å²) in [6.45, 7) is 1.99. The zero-order valence-corrected chi connectivity index (χ0v) is 9.88. The summed E-state index contributed by atoms with van der Waals surface area (Å²) < 4.78 is 14.4. The van der Waals surface area contributed by atoms with E-state index in [9.17, 15) is 4.39 Å². The van der Waals surface area contributed by atoms with E-state index in [1.54, 1.807) is 0 Å². The fourth-order valence-electron chi connectivity index (χ4n) is 2.54. The van der Waals surface area contributed by atoms with Gasteiger partial charge in [0.2, 0.25) is 0 Å². The molecule has 1 atom stereocenters. The molecule has 0 spiro atoms. The van der Waals surface area contributed by atoms with Gasteiger partial charge in [-0.15, -0.1) is 0 Å². The molecule has 1 saturated carbocycles. The number of hydrogen-bond acceptors (Lipinski definition) is 1. The van der Waals surface area contributed by atoms with E-state index in [-0.39, 0.29) is 6.04 Å². The zero-order chi connectivity index (χ0) is 11.6. The Morgan fingerprint density at radius 2 is 1.81 bits per heavy atom. The largest absolute Gasteiger partial charge is 0.328 e. The predicted octanol–water partition coefficient (Wildman–Crippen LogP) is 3.32. The summed E-state index contributed by atoms with van der Waals surface area (Å²) in [7, 11) is 0. The molecule has 1 aliphatic carbocycles. The van der Waals surface area contributed by atoms with Crippen LogP contribution < -0.4 is 5.73 Å². The van der Waals surface area contributed by atoms with E-state index in [2.05, 4.69) is 0 Å². The minimum absolute atomic E-state index is 0.164. The van der Waals surface area contributed by atoms with Crippen molar-refractivity contribution in [2.24, 2.45) is 5.73 Å². The van der Waals surface area contributed by atoms with Crippen molar-refractivity contribution in [2.75, 3.05) is 0 Å². The maximum Gasteiger partial charge on any atom is 0.136 e. The molecule has 1 aromatic rings. The van der Waals surface area contributed by atoms with Crippen molar-refractivity contribution in [3.63, 3.8) is 0 Å². The molecular formula is C14H20FN. The Balaban J connectivity index is 2.12. The maximum absolute atomic E-state index is 14.4. The lowest BCUT2D eigenvalue weighted by atomic mass is 9.93. The van der Waals surface area contributed by atoms with Crippen LogP contribution in [-0.4, -0.2) is 6.04 Å². The second-order valence-corrected chi connectivity index (χ2v) is 5.05. The van der Waals surface area contributed by atoms with Gasteiger partial charge < -0.3 is 5.73 Å². The third-order valence-corrected chi connectivity index (χ3v) is 3.43. The van der Waals surface area contributed by atoms with Gasteiger partial charge in [-0.3, -0.25) is 0 Å². The molecule has 0 amide bonds. The summed E-state index contributed by atoms with van der Waals surface area (Å²) in [5.41, 5.74) is 6.71. The fourth-order valence-corrected chi connectivity index (χ4v) is 2.54. The van der Waals surface area contributed by atoms with E-state index in [0.717, 1.165) is 24.8 Å². The van der Waals surface area contributed by atoms with Crippen LogP contribution in [0.1, 0.15) is 43.7 Å². The minimum atomic E-state index is -1.06. The second kappa shape index (κ2) is 4.54. The van der Waals surface area contributed by atoms with Gasteiger partial charge in [-0.1, -0.05) is 24.3 Å². The summed E-state index contributed by atoms with van der Waals surface area (Å²) in [6.07, 6.45) is 4.25. The highest BCUT2D eigenvalue weighted by Crippen LogP contribution is 2.42. The molecule has 1 unspecified atom stereocenters.